The summed E-state index contributed by atoms with van der Waals surface area (Å²) in [5.41, 5.74) is 0.915. The molecular formula is C11H18N2O. The molecule has 1 rings (SSSR count). The van der Waals surface area contributed by atoms with Crippen LogP contribution in [0.3, 0.4) is 0 Å². The Morgan fingerprint density at radius 3 is 2.86 bits per heavy atom. The molecule has 1 N–H and O–H groups in total. The SMILES string of the molecule is CCCN(C)c1cc([C@@H](C)O)ccn1. The first-order valence-corrected chi connectivity index (χ1v) is 5.00. The summed E-state index contributed by atoms with van der Waals surface area (Å²) in [6.07, 6.45) is 2.41. The number of aliphatic hydroxyl groups is 1. The van der Waals surface area contributed by atoms with E-state index in [1.54, 1.807) is 13.1 Å². The van der Waals surface area contributed by atoms with Crippen molar-refractivity contribution in [3.05, 3.63) is 23.9 Å². The van der Waals surface area contributed by atoms with Gasteiger partial charge in [0.15, 0.2) is 0 Å². The fraction of sp³-hybridized carbons (Fsp3) is 0.545. The third-order valence-electron chi connectivity index (χ3n) is 2.20. The summed E-state index contributed by atoms with van der Waals surface area (Å²) in [7, 11) is 2.01. The normalized spacial score (nSPS) is 12.6. The molecule has 0 aliphatic heterocycles. The molecule has 0 bridgehead atoms. The molecule has 3 nitrogen and oxygen atoms in total. The minimum absolute atomic E-state index is 0.424. The summed E-state index contributed by atoms with van der Waals surface area (Å²) in [4.78, 5) is 6.34. The summed E-state index contributed by atoms with van der Waals surface area (Å²) in [5.74, 6) is 0.922. The van der Waals surface area contributed by atoms with Gasteiger partial charge in [0.05, 0.1) is 6.10 Å². The molecule has 1 heterocycles. The van der Waals surface area contributed by atoms with Gasteiger partial charge in [-0.3, -0.25) is 0 Å². The van der Waals surface area contributed by atoms with Crippen LogP contribution in [0.2, 0.25) is 0 Å². The number of rotatable bonds is 4. The molecule has 0 radical (unpaired) electrons. The molecular weight excluding hydrogens is 176 g/mol. The van der Waals surface area contributed by atoms with Gasteiger partial charge in [0.1, 0.15) is 5.82 Å². The smallest absolute Gasteiger partial charge is 0.128 e. The van der Waals surface area contributed by atoms with Crippen molar-refractivity contribution in [2.24, 2.45) is 0 Å². The molecule has 0 aliphatic rings. The highest BCUT2D eigenvalue weighted by molar-refractivity contribution is 5.40. The van der Waals surface area contributed by atoms with Crippen LogP contribution in [0, 0.1) is 0 Å². The summed E-state index contributed by atoms with van der Waals surface area (Å²) in [6, 6.07) is 3.77. The molecule has 0 amide bonds. The molecule has 0 aliphatic carbocycles. The van der Waals surface area contributed by atoms with Crippen LogP contribution in [-0.2, 0) is 0 Å². The Bertz CT molecular complexity index is 286. The first-order valence-electron chi connectivity index (χ1n) is 5.00. The lowest BCUT2D eigenvalue weighted by Gasteiger charge is -2.18. The van der Waals surface area contributed by atoms with E-state index in [0.717, 1.165) is 24.3 Å². The molecule has 3 heteroatoms. The number of aliphatic hydroxyl groups excluding tert-OH is 1. The summed E-state index contributed by atoms with van der Waals surface area (Å²) in [5, 5.41) is 9.41. The molecule has 0 saturated carbocycles. The zero-order chi connectivity index (χ0) is 10.6. The van der Waals surface area contributed by atoms with Gasteiger partial charge in [-0.15, -0.1) is 0 Å². The predicted octanol–water partition coefficient (Wildman–Crippen LogP) is 1.98. The van der Waals surface area contributed by atoms with Crippen molar-refractivity contribution >= 4 is 5.82 Å². The quantitative estimate of drug-likeness (QED) is 0.796. The van der Waals surface area contributed by atoms with E-state index in [-0.39, 0.29) is 0 Å². The van der Waals surface area contributed by atoms with Crippen LogP contribution < -0.4 is 4.90 Å². The molecule has 0 fully saturated rings. The Balaban J connectivity index is 2.82. The highest BCUT2D eigenvalue weighted by Crippen LogP contribution is 2.16. The maximum atomic E-state index is 9.41. The van der Waals surface area contributed by atoms with Crippen molar-refractivity contribution in [1.82, 2.24) is 4.98 Å². The summed E-state index contributed by atoms with van der Waals surface area (Å²) < 4.78 is 0. The molecule has 1 aromatic rings. The average Bonchev–Trinajstić information content (AvgIpc) is 2.18. The predicted molar refractivity (Wildman–Crippen MR) is 58.4 cm³/mol. The Hall–Kier alpha value is -1.09. The first kappa shape index (κ1) is 11.0. The van der Waals surface area contributed by atoms with Crippen LogP contribution in [0.25, 0.3) is 0 Å². The number of aromatic nitrogens is 1. The maximum absolute atomic E-state index is 9.41. The van der Waals surface area contributed by atoms with E-state index in [1.807, 2.05) is 19.2 Å². The molecule has 0 aromatic carbocycles. The first-order chi connectivity index (χ1) is 6.65. The molecule has 1 atom stereocenters. The van der Waals surface area contributed by atoms with Gasteiger partial charge < -0.3 is 10.0 Å². The Kier molecular flexibility index (Phi) is 3.89. The van der Waals surface area contributed by atoms with E-state index >= 15 is 0 Å². The van der Waals surface area contributed by atoms with Crippen LogP contribution in [0.1, 0.15) is 31.9 Å². The average molecular weight is 194 g/mol. The van der Waals surface area contributed by atoms with Gasteiger partial charge in [0.25, 0.3) is 0 Å². The third-order valence-corrected chi connectivity index (χ3v) is 2.20. The zero-order valence-corrected chi connectivity index (χ0v) is 9.07. The third kappa shape index (κ3) is 2.70. The fourth-order valence-electron chi connectivity index (χ4n) is 1.35. The van der Waals surface area contributed by atoms with Crippen LogP contribution in [0.4, 0.5) is 5.82 Å². The van der Waals surface area contributed by atoms with E-state index in [0.29, 0.717) is 0 Å². The van der Waals surface area contributed by atoms with E-state index < -0.39 is 6.10 Å². The van der Waals surface area contributed by atoms with E-state index in [4.69, 9.17) is 0 Å². The second kappa shape index (κ2) is 4.96. The van der Waals surface area contributed by atoms with Gasteiger partial charge in [-0.25, -0.2) is 4.98 Å². The Morgan fingerprint density at radius 2 is 2.29 bits per heavy atom. The van der Waals surface area contributed by atoms with Gasteiger partial charge in [0, 0.05) is 19.8 Å². The van der Waals surface area contributed by atoms with E-state index in [2.05, 4.69) is 16.8 Å². The van der Waals surface area contributed by atoms with Gasteiger partial charge in [-0.2, -0.15) is 0 Å². The minimum Gasteiger partial charge on any atom is -0.389 e. The number of hydrogen-bond donors (Lipinski definition) is 1. The van der Waals surface area contributed by atoms with Gasteiger partial charge in [-0.05, 0) is 31.0 Å². The molecule has 1 aromatic heterocycles. The van der Waals surface area contributed by atoms with Gasteiger partial charge >= 0.3 is 0 Å². The number of nitrogens with zero attached hydrogens (tertiary/aromatic N) is 2. The van der Waals surface area contributed by atoms with E-state index in [9.17, 15) is 5.11 Å². The lowest BCUT2D eigenvalue weighted by Crippen LogP contribution is -2.19. The van der Waals surface area contributed by atoms with Crippen LogP contribution in [-0.4, -0.2) is 23.7 Å². The second-order valence-electron chi connectivity index (χ2n) is 3.54. The number of pyridine rings is 1. The molecule has 0 spiro atoms. The molecule has 0 saturated heterocycles. The van der Waals surface area contributed by atoms with Crippen molar-refractivity contribution in [2.45, 2.75) is 26.4 Å². The number of hydrogen-bond acceptors (Lipinski definition) is 3. The van der Waals surface area contributed by atoms with Crippen molar-refractivity contribution in [3.8, 4) is 0 Å². The molecule has 14 heavy (non-hydrogen) atoms. The monoisotopic (exact) mass is 194 g/mol. The van der Waals surface area contributed by atoms with Crippen LogP contribution in [0.15, 0.2) is 18.3 Å². The van der Waals surface area contributed by atoms with Crippen LogP contribution in [0.5, 0.6) is 0 Å². The molecule has 0 unspecified atom stereocenters. The zero-order valence-electron chi connectivity index (χ0n) is 9.07. The maximum Gasteiger partial charge on any atom is 0.128 e. The summed E-state index contributed by atoms with van der Waals surface area (Å²) in [6.45, 7) is 4.88. The lowest BCUT2D eigenvalue weighted by molar-refractivity contribution is 0.199. The van der Waals surface area contributed by atoms with Crippen molar-refractivity contribution in [1.29, 1.82) is 0 Å². The van der Waals surface area contributed by atoms with Crippen molar-refractivity contribution < 1.29 is 5.11 Å². The highest BCUT2D eigenvalue weighted by atomic mass is 16.3. The highest BCUT2D eigenvalue weighted by Gasteiger charge is 2.05. The molecule has 78 valence electrons. The Labute approximate surface area is 85.4 Å². The Morgan fingerprint density at radius 1 is 1.57 bits per heavy atom. The topological polar surface area (TPSA) is 36.4 Å². The minimum atomic E-state index is -0.424. The van der Waals surface area contributed by atoms with E-state index in [1.165, 1.54) is 0 Å². The van der Waals surface area contributed by atoms with Gasteiger partial charge in [-0.1, -0.05) is 6.92 Å². The van der Waals surface area contributed by atoms with Crippen molar-refractivity contribution in [3.63, 3.8) is 0 Å². The standard InChI is InChI=1S/C11H18N2O/c1-4-7-13(3)11-8-10(9(2)14)5-6-12-11/h5-6,8-9,14H,4,7H2,1-3H3/t9-/m1/s1. The summed E-state index contributed by atoms with van der Waals surface area (Å²) >= 11 is 0. The second-order valence-corrected chi connectivity index (χ2v) is 3.54. The van der Waals surface area contributed by atoms with Crippen molar-refractivity contribution in [2.75, 3.05) is 18.5 Å². The van der Waals surface area contributed by atoms with Crippen LogP contribution >= 0.6 is 0 Å². The lowest BCUT2D eigenvalue weighted by atomic mass is 10.2. The van der Waals surface area contributed by atoms with Gasteiger partial charge in [0.2, 0.25) is 0 Å². The fourth-order valence-corrected chi connectivity index (χ4v) is 1.35. The number of anilines is 1. The largest absolute Gasteiger partial charge is 0.389 e.